The van der Waals surface area contributed by atoms with Crippen LogP contribution >= 0.6 is 11.3 Å². The normalized spacial score (nSPS) is 16.7. The topological polar surface area (TPSA) is 87.0 Å². The van der Waals surface area contributed by atoms with Gasteiger partial charge in [0.15, 0.2) is 11.3 Å². The number of para-hydroxylation sites is 2. The molecule has 1 aliphatic rings. The molecule has 4 aromatic rings. The first-order valence-corrected chi connectivity index (χ1v) is 10.2. The molecule has 4 heterocycles. The number of carbonyl (C=O) groups is 1. The number of carbonyl (C=O) groups excluding carboxylic acids is 1. The molecule has 0 spiro atoms. The van der Waals surface area contributed by atoms with Crippen LogP contribution in [0.2, 0.25) is 0 Å². The second-order valence-corrected chi connectivity index (χ2v) is 7.76. The summed E-state index contributed by atoms with van der Waals surface area (Å²) in [6.45, 7) is 1.40. The maximum Gasteiger partial charge on any atom is 0.298 e. The smallest absolute Gasteiger partial charge is 0.298 e. The number of hydrogen-bond donors (Lipinski definition) is 2. The van der Waals surface area contributed by atoms with E-state index in [2.05, 4.69) is 25.4 Å². The minimum atomic E-state index is -0.177. The third kappa shape index (κ3) is 3.16. The molecule has 1 fully saturated rings. The van der Waals surface area contributed by atoms with Crippen molar-refractivity contribution in [3.05, 3.63) is 53.5 Å². The third-order valence-electron chi connectivity index (χ3n) is 5.00. The Kier molecular flexibility index (Phi) is 4.32. The Morgan fingerprint density at radius 3 is 3.11 bits per heavy atom. The lowest BCUT2D eigenvalue weighted by atomic mass is 10.2. The highest BCUT2D eigenvalue weighted by Crippen LogP contribution is 2.28. The van der Waals surface area contributed by atoms with E-state index >= 15 is 0 Å². The third-order valence-corrected chi connectivity index (χ3v) is 5.90. The molecule has 5 rings (SSSR count). The van der Waals surface area contributed by atoms with E-state index in [4.69, 9.17) is 4.42 Å². The van der Waals surface area contributed by atoms with Gasteiger partial charge in [-0.25, -0.2) is 0 Å². The molecule has 28 heavy (non-hydrogen) atoms. The van der Waals surface area contributed by atoms with Crippen LogP contribution in [0.5, 0.6) is 0 Å². The molecular weight excluding hydrogens is 374 g/mol. The Morgan fingerprint density at radius 1 is 1.32 bits per heavy atom. The van der Waals surface area contributed by atoms with Crippen molar-refractivity contribution in [2.24, 2.45) is 0 Å². The Labute approximate surface area is 165 Å². The van der Waals surface area contributed by atoms with Crippen LogP contribution in [0.15, 0.2) is 52.3 Å². The highest BCUT2D eigenvalue weighted by molar-refractivity contribution is 7.13. The Bertz CT molecular complexity index is 1070. The van der Waals surface area contributed by atoms with Crippen molar-refractivity contribution in [2.75, 3.05) is 18.0 Å². The fourth-order valence-corrected chi connectivity index (χ4v) is 4.27. The molecule has 2 N–H and O–H groups in total. The maximum absolute atomic E-state index is 12.5. The van der Waals surface area contributed by atoms with Crippen molar-refractivity contribution < 1.29 is 9.21 Å². The monoisotopic (exact) mass is 393 g/mol. The molecule has 0 saturated carbocycles. The zero-order valence-electron chi connectivity index (χ0n) is 15.1. The predicted molar refractivity (Wildman–Crippen MR) is 109 cm³/mol. The summed E-state index contributed by atoms with van der Waals surface area (Å²) in [5.74, 6) is -0.177. The van der Waals surface area contributed by atoms with Gasteiger partial charge in [-0.1, -0.05) is 18.2 Å². The van der Waals surface area contributed by atoms with Crippen LogP contribution in [0, 0.1) is 0 Å². The standard InChI is InChI=1S/C20H19N5O2S/c26-19(16-11-15(23-24-16)18-8-4-10-28-18)21-12-13-5-3-9-25(13)20-22-14-6-1-2-7-17(14)27-20/h1-2,4,6-8,10-11,13H,3,5,9,12H2,(H,21,26)(H,23,24). The number of nitrogens with one attached hydrogen (secondary N) is 2. The molecule has 0 radical (unpaired) electrons. The van der Waals surface area contributed by atoms with Gasteiger partial charge < -0.3 is 14.6 Å². The molecule has 1 saturated heterocycles. The van der Waals surface area contributed by atoms with Crippen LogP contribution in [-0.2, 0) is 0 Å². The van der Waals surface area contributed by atoms with E-state index in [0.717, 1.165) is 41.1 Å². The van der Waals surface area contributed by atoms with Crippen LogP contribution in [0.3, 0.4) is 0 Å². The molecular formula is C20H19N5O2S. The average Bonchev–Trinajstić information content (AvgIpc) is 3.51. The van der Waals surface area contributed by atoms with Crippen molar-refractivity contribution in [1.82, 2.24) is 20.5 Å². The predicted octanol–water partition coefficient (Wildman–Crippen LogP) is 3.68. The highest BCUT2D eigenvalue weighted by atomic mass is 32.1. The van der Waals surface area contributed by atoms with Crippen LogP contribution < -0.4 is 10.2 Å². The number of H-pyrrole nitrogens is 1. The number of fused-ring (bicyclic) bond motifs is 1. The molecule has 0 aliphatic carbocycles. The number of aromatic nitrogens is 3. The average molecular weight is 393 g/mol. The highest BCUT2D eigenvalue weighted by Gasteiger charge is 2.29. The van der Waals surface area contributed by atoms with Gasteiger partial charge >= 0.3 is 0 Å². The molecule has 1 aliphatic heterocycles. The van der Waals surface area contributed by atoms with Gasteiger partial charge in [-0.3, -0.25) is 9.89 Å². The summed E-state index contributed by atoms with van der Waals surface area (Å²) in [7, 11) is 0. The number of nitrogens with zero attached hydrogens (tertiary/aromatic N) is 3. The van der Waals surface area contributed by atoms with E-state index in [1.165, 1.54) is 0 Å². The summed E-state index contributed by atoms with van der Waals surface area (Å²) in [5.41, 5.74) is 2.89. The molecule has 1 aromatic carbocycles. The lowest BCUT2D eigenvalue weighted by Gasteiger charge is -2.22. The molecule has 1 unspecified atom stereocenters. The zero-order valence-corrected chi connectivity index (χ0v) is 15.9. The number of benzene rings is 1. The van der Waals surface area contributed by atoms with Gasteiger partial charge in [0.1, 0.15) is 5.52 Å². The Balaban J connectivity index is 1.26. The summed E-state index contributed by atoms with van der Waals surface area (Å²) >= 11 is 1.61. The second kappa shape index (κ2) is 7.12. The first-order chi connectivity index (χ1) is 13.8. The molecule has 1 atom stereocenters. The molecule has 7 nitrogen and oxygen atoms in total. The summed E-state index contributed by atoms with van der Waals surface area (Å²) in [6.07, 6.45) is 2.03. The van der Waals surface area contributed by atoms with Crippen LogP contribution in [-0.4, -0.2) is 40.2 Å². The number of amides is 1. The van der Waals surface area contributed by atoms with Crippen molar-refractivity contribution in [2.45, 2.75) is 18.9 Å². The first kappa shape index (κ1) is 17.0. The minimum absolute atomic E-state index is 0.160. The number of rotatable bonds is 5. The SMILES string of the molecule is O=C(NCC1CCCN1c1nc2ccccc2o1)c1cc(-c2cccs2)[nH]n1. The molecule has 142 valence electrons. The number of anilines is 1. The molecule has 1 amide bonds. The summed E-state index contributed by atoms with van der Waals surface area (Å²) in [6, 6.07) is 14.3. The van der Waals surface area contributed by atoms with Gasteiger partial charge in [0, 0.05) is 13.1 Å². The Hall–Kier alpha value is -3.13. The number of oxazole rings is 1. The van der Waals surface area contributed by atoms with Gasteiger partial charge in [-0.15, -0.1) is 11.3 Å². The van der Waals surface area contributed by atoms with E-state index in [0.29, 0.717) is 18.3 Å². The van der Waals surface area contributed by atoms with E-state index < -0.39 is 0 Å². The van der Waals surface area contributed by atoms with E-state index in [1.807, 2.05) is 41.8 Å². The molecule has 0 bridgehead atoms. The van der Waals surface area contributed by atoms with E-state index in [9.17, 15) is 4.79 Å². The largest absolute Gasteiger partial charge is 0.423 e. The van der Waals surface area contributed by atoms with Crippen LogP contribution in [0.25, 0.3) is 21.7 Å². The minimum Gasteiger partial charge on any atom is -0.423 e. The molecule has 3 aromatic heterocycles. The van der Waals surface area contributed by atoms with Crippen molar-refractivity contribution in [3.63, 3.8) is 0 Å². The maximum atomic E-state index is 12.5. The van der Waals surface area contributed by atoms with Gasteiger partial charge in [0.2, 0.25) is 0 Å². The lowest BCUT2D eigenvalue weighted by molar-refractivity contribution is 0.0946. The van der Waals surface area contributed by atoms with Gasteiger partial charge in [-0.05, 0) is 42.5 Å². The van der Waals surface area contributed by atoms with Gasteiger partial charge in [0.25, 0.3) is 11.9 Å². The fourth-order valence-electron chi connectivity index (χ4n) is 3.58. The lowest BCUT2D eigenvalue weighted by Crippen LogP contribution is -2.40. The van der Waals surface area contributed by atoms with Crippen molar-refractivity contribution in [3.8, 4) is 10.6 Å². The number of aromatic amines is 1. The summed E-state index contributed by atoms with van der Waals surface area (Å²) in [5, 5.41) is 12.1. The fraction of sp³-hybridized carbons (Fsp3) is 0.250. The van der Waals surface area contributed by atoms with Gasteiger partial charge in [0.05, 0.1) is 16.6 Å². The van der Waals surface area contributed by atoms with Crippen LogP contribution in [0.1, 0.15) is 23.3 Å². The second-order valence-electron chi connectivity index (χ2n) is 6.81. The van der Waals surface area contributed by atoms with Crippen molar-refractivity contribution >= 4 is 34.4 Å². The molecule has 8 heteroatoms. The first-order valence-electron chi connectivity index (χ1n) is 9.27. The summed E-state index contributed by atoms with van der Waals surface area (Å²) in [4.78, 5) is 20.3. The van der Waals surface area contributed by atoms with E-state index in [1.54, 1.807) is 17.4 Å². The number of thiophene rings is 1. The van der Waals surface area contributed by atoms with Crippen LogP contribution in [0.4, 0.5) is 6.01 Å². The van der Waals surface area contributed by atoms with Gasteiger partial charge in [-0.2, -0.15) is 10.1 Å². The van der Waals surface area contributed by atoms with E-state index in [-0.39, 0.29) is 11.9 Å². The Morgan fingerprint density at radius 2 is 2.25 bits per heavy atom. The van der Waals surface area contributed by atoms with Crippen molar-refractivity contribution in [1.29, 1.82) is 0 Å². The number of hydrogen-bond acceptors (Lipinski definition) is 6. The quantitative estimate of drug-likeness (QED) is 0.540. The zero-order chi connectivity index (χ0) is 18.9. The summed E-state index contributed by atoms with van der Waals surface area (Å²) < 4.78 is 5.90.